The van der Waals surface area contributed by atoms with E-state index in [1.165, 1.54) is 20.1 Å². The van der Waals surface area contributed by atoms with Gasteiger partial charge < -0.3 is 10.5 Å². The quantitative estimate of drug-likeness (QED) is 0.535. The SMILES string of the molecule is COc1c(S(=O)(=O)N[C@@H](C)CN)cc(Br)c(C)c1[N+](=O)[O-].Cl. The first-order valence-electron chi connectivity index (χ1n) is 5.89. The number of sulfonamides is 1. The van der Waals surface area contributed by atoms with Crippen molar-refractivity contribution in [3.63, 3.8) is 0 Å². The highest BCUT2D eigenvalue weighted by Gasteiger charge is 2.31. The summed E-state index contributed by atoms with van der Waals surface area (Å²) >= 11 is 3.13. The molecule has 0 saturated carbocycles. The Morgan fingerprint density at radius 1 is 1.55 bits per heavy atom. The van der Waals surface area contributed by atoms with Gasteiger partial charge in [-0.2, -0.15) is 0 Å². The summed E-state index contributed by atoms with van der Waals surface area (Å²) in [5.74, 6) is -0.308. The molecule has 0 saturated heterocycles. The highest BCUT2D eigenvalue weighted by Crippen LogP contribution is 2.40. The second-order valence-corrected chi connectivity index (χ2v) is 6.92. The number of nitro benzene ring substituents is 1. The first-order chi connectivity index (χ1) is 9.65. The molecule has 1 rings (SSSR count). The molecule has 1 aromatic carbocycles. The average molecular weight is 419 g/mol. The number of benzene rings is 1. The molecule has 1 aromatic rings. The van der Waals surface area contributed by atoms with Crippen LogP contribution in [0.1, 0.15) is 12.5 Å². The lowest BCUT2D eigenvalue weighted by Crippen LogP contribution is -2.38. The van der Waals surface area contributed by atoms with Gasteiger partial charge in [-0.25, -0.2) is 13.1 Å². The second-order valence-electron chi connectivity index (χ2n) is 4.38. The lowest BCUT2D eigenvalue weighted by atomic mass is 10.2. The Balaban J connectivity index is 0.00000441. The number of halogens is 2. The monoisotopic (exact) mass is 417 g/mol. The van der Waals surface area contributed by atoms with Crippen LogP contribution in [-0.2, 0) is 10.0 Å². The van der Waals surface area contributed by atoms with E-state index in [4.69, 9.17) is 10.5 Å². The first kappa shape index (κ1) is 21.1. The van der Waals surface area contributed by atoms with Gasteiger partial charge in [-0.05, 0) is 19.9 Å². The van der Waals surface area contributed by atoms with Crippen LogP contribution in [-0.4, -0.2) is 33.0 Å². The van der Waals surface area contributed by atoms with Crippen LogP contribution < -0.4 is 15.2 Å². The molecule has 0 radical (unpaired) electrons. The summed E-state index contributed by atoms with van der Waals surface area (Å²) < 4.78 is 32.3. The fourth-order valence-corrected chi connectivity index (χ4v) is 3.70. The Morgan fingerprint density at radius 2 is 2.09 bits per heavy atom. The minimum Gasteiger partial charge on any atom is -0.489 e. The van der Waals surface area contributed by atoms with E-state index in [2.05, 4.69) is 20.7 Å². The van der Waals surface area contributed by atoms with Gasteiger partial charge in [-0.1, -0.05) is 15.9 Å². The van der Waals surface area contributed by atoms with Crippen LogP contribution in [0.25, 0.3) is 0 Å². The van der Waals surface area contributed by atoms with Crippen molar-refractivity contribution in [3.05, 3.63) is 26.2 Å². The third-order valence-corrected chi connectivity index (χ3v) is 5.21. The Hall–Kier alpha value is -0.940. The van der Waals surface area contributed by atoms with Crippen molar-refractivity contribution in [2.45, 2.75) is 24.8 Å². The highest BCUT2D eigenvalue weighted by molar-refractivity contribution is 9.10. The Bertz CT molecular complexity index is 668. The zero-order chi connectivity index (χ0) is 16.4. The number of ether oxygens (including phenoxy) is 1. The van der Waals surface area contributed by atoms with Gasteiger partial charge in [-0.3, -0.25) is 10.1 Å². The van der Waals surface area contributed by atoms with Gasteiger partial charge in [0.1, 0.15) is 4.90 Å². The number of hydrogen-bond acceptors (Lipinski definition) is 6. The maximum absolute atomic E-state index is 12.3. The smallest absolute Gasteiger partial charge is 0.316 e. The lowest BCUT2D eigenvalue weighted by molar-refractivity contribution is -0.386. The number of hydrogen-bond donors (Lipinski definition) is 2. The third-order valence-electron chi connectivity index (χ3n) is 2.80. The van der Waals surface area contributed by atoms with E-state index in [1.807, 2.05) is 0 Å². The molecule has 0 spiro atoms. The first-order valence-corrected chi connectivity index (χ1v) is 8.17. The van der Waals surface area contributed by atoms with Crippen molar-refractivity contribution >= 4 is 44.0 Å². The Labute approximate surface area is 143 Å². The fraction of sp³-hybridized carbons (Fsp3) is 0.455. The molecule has 3 N–H and O–H groups in total. The molecule has 126 valence electrons. The molecule has 0 bridgehead atoms. The van der Waals surface area contributed by atoms with E-state index in [1.54, 1.807) is 6.92 Å². The third kappa shape index (κ3) is 4.29. The summed E-state index contributed by atoms with van der Waals surface area (Å²) in [6.07, 6.45) is 0. The molecule has 0 aliphatic rings. The van der Waals surface area contributed by atoms with Gasteiger partial charge in [0.05, 0.1) is 12.0 Å². The highest BCUT2D eigenvalue weighted by atomic mass is 79.9. The van der Waals surface area contributed by atoms with Gasteiger partial charge in [-0.15, -0.1) is 12.4 Å². The lowest BCUT2D eigenvalue weighted by Gasteiger charge is -2.16. The van der Waals surface area contributed by atoms with Gasteiger partial charge in [0, 0.05) is 22.6 Å². The molecule has 0 unspecified atom stereocenters. The summed E-state index contributed by atoms with van der Waals surface area (Å²) in [6.45, 7) is 3.18. The summed E-state index contributed by atoms with van der Waals surface area (Å²) in [6, 6.07) is 0.756. The number of nitrogens with zero attached hydrogens (tertiary/aromatic N) is 1. The average Bonchev–Trinajstić information content (AvgIpc) is 2.39. The van der Waals surface area contributed by atoms with Crippen LogP contribution in [0.5, 0.6) is 5.75 Å². The van der Waals surface area contributed by atoms with Gasteiger partial charge in [0.2, 0.25) is 15.8 Å². The molecule has 22 heavy (non-hydrogen) atoms. The van der Waals surface area contributed by atoms with E-state index in [-0.39, 0.29) is 35.2 Å². The molecule has 0 heterocycles. The normalized spacial score (nSPS) is 12.4. The van der Waals surface area contributed by atoms with Crippen LogP contribution in [0, 0.1) is 17.0 Å². The van der Waals surface area contributed by atoms with E-state index in [0.717, 1.165) is 0 Å². The number of nitrogens with two attached hydrogens (primary N) is 1. The minimum atomic E-state index is -4.00. The van der Waals surface area contributed by atoms with Crippen LogP contribution in [0.2, 0.25) is 0 Å². The molecular formula is C11H17BrClN3O5S. The van der Waals surface area contributed by atoms with Crippen LogP contribution >= 0.6 is 28.3 Å². The van der Waals surface area contributed by atoms with Crippen LogP contribution in [0.15, 0.2) is 15.4 Å². The van der Waals surface area contributed by atoms with Gasteiger partial charge in [0.15, 0.2) is 0 Å². The maximum Gasteiger partial charge on any atom is 0.316 e. The molecule has 11 heteroatoms. The standard InChI is InChI=1S/C11H16BrN3O5S.ClH/c1-6(5-13)14-21(18,19)9-4-8(12)7(2)10(15(16)17)11(9)20-3;/h4,6,14H,5,13H2,1-3H3;1H/t6-;/m0./s1. The minimum absolute atomic E-state index is 0. The van der Waals surface area contributed by atoms with E-state index in [9.17, 15) is 18.5 Å². The second kappa shape index (κ2) is 8.06. The van der Waals surface area contributed by atoms with Crippen molar-refractivity contribution in [1.29, 1.82) is 0 Å². The maximum atomic E-state index is 12.3. The van der Waals surface area contributed by atoms with Gasteiger partial charge in [0.25, 0.3) is 0 Å². The Morgan fingerprint density at radius 3 is 2.50 bits per heavy atom. The summed E-state index contributed by atoms with van der Waals surface area (Å²) in [4.78, 5) is 10.2. The zero-order valence-electron chi connectivity index (χ0n) is 12.1. The van der Waals surface area contributed by atoms with Crippen LogP contribution in [0.4, 0.5) is 5.69 Å². The number of methoxy groups -OCH3 is 1. The van der Waals surface area contributed by atoms with Gasteiger partial charge >= 0.3 is 5.69 Å². The predicted molar refractivity (Wildman–Crippen MR) is 88.2 cm³/mol. The fourth-order valence-electron chi connectivity index (χ4n) is 1.68. The Kier molecular flexibility index (Phi) is 7.72. The molecule has 0 amide bonds. The summed E-state index contributed by atoms with van der Waals surface area (Å²) in [5, 5.41) is 11.2. The largest absolute Gasteiger partial charge is 0.489 e. The molecule has 8 nitrogen and oxygen atoms in total. The van der Waals surface area contributed by atoms with Crippen molar-refractivity contribution in [1.82, 2.24) is 4.72 Å². The number of nitro groups is 1. The molecule has 0 aliphatic heterocycles. The summed E-state index contributed by atoms with van der Waals surface area (Å²) in [7, 11) is -2.82. The number of nitrogens with one attached hydrogen (secondary N) is 1. The molecule has 0 aromatic heterocycles. The molecule has 1 atom stereocenters. The molecule has 0 fully saturated rings. The van der Waals surface area contributed by atoms with Crippen molar-refractivity contribution < 1.29 is 18.1 Å². The van der Waals surface area contributed by atoms with Crippen LogP contribution in [0.3, 0.4) is 0 Å². The zero-order valence-corrected chi connectivity index (χ0v) is 15.3. The van der Waals surface area contributed by atoms with E-state index < -0.39 is 26.7 Å². The van der Waals surface area contributed by atoms with Crippen molar-refractivity contribution in [3.8, 4) is 5.75 Å². The van der Waals surface area contributed by atoms with Crippen molar-refractivity contribution in [2.75, 3.05) is 13.7 Å². The number of rotatable bonds is 6. The van der Waals surface area contributed by atoms with E-state index >= 15 is 0 Å². The van der Waals surface area contributed by atoms with E-state index in [0.29, 0.717) is 4.47 Å². The van der Waals surface area contributed by atoms with Crippen molar-refractivity contribution in [2.24, 2.45) is 5.73 Å². The molecular weight excluding hydrogens is 402 g/mol. The predicted octanol–water partition coefficient (Wildman–Crippen LogP) is 1.72. The topological polar surface area (TPSA) is 125 Å². The molecule has 0 aliphatic carbocycles. The summed E-state index contributed by atoms with van der Waals surface area (Å²) in [5.41, 5.74) is 5.27.